The molecule has 0 spiro atoms. The first-order valence-corrected chi connectivity index (χ1v) is 8.49. The van der Waals surface area contributed by atoms with Crippen LogP contribution in [0.1, 0.15) is 41.6 Å². The Morgan fingerprint density at radius 1 is 1.20 bits per heavy atom. The van der Waals surface area contributed by atoms with Gasteiger partial charge in [-0.2, -0.15) is 0 Å². The molecule has 25 heavy (non-hydrogen) atoms. The largest absolute Gasteiger partial charge is 0.505 e. The molecule has 1 aliphatic heterocycles. The van der Waals surface area contributed by atoms with Gasteiger partial charge in [-0.3, -0.25) is 4.79 Å². The number of aromatic nitrogens is 3. The number of hydrogen-bond acceptors (Lipinski definition) is 6. The SMILES string of the molecule is Cc1cc(C(C)C)nc(N2CCN(C(=O)c3ncccc3O)CC2)n1. The van der Waals surface area contributed by atoms with Crippen LogP contribution in [0.4, 0.5) is 5.95 Å². The maximum atomic E-state index is 12.5. The molecule has 7 nitrogen and oxygen atoms in total. The van der Waals surface area contributed by atoms with Crippen LogP contribution in [-0.2, 0) is 0 Å². The Bertz CT molecular complexity index is 770. The number of carbonyl (C=O) groups is 1. The number of hydrogen-bond donors (Lipinski definition) is 1. The molecule has 1 saturated heterocycles. The van der Waals surface area contributed by atoms with Gasteiger partial charge in [0.1, 0.15) is 5.75 Å². The predicted molar refractivity (Wildman–Crippen MR) is 94.9 cm³/mol. The lowest BCUT2D eigenvalue weighted by Crippen LogP contribution is -2.49. The van der Waals surface area contributed by atoms with Crippen molar-refractivity contribution in [3.05, 3.63) is 41.5 Å². The summed E-state index contributed by atoms with van der Waals surface area (Å²) in [7, 11) is 0. The minimum absolute atomic E-state index is 0.0847. The fourth-order valence-corrected chi connectivity index (χ4v) is 2.83. The number of amides is 1. The summed E-state index contributed by atoms with van der Waals surface area (Å²) >= 11 is 0. The molecule has 1 amide bonds. The van der Waals surface area contributed by atoms with Crippen molar-refractivity contribution in [2.75, 3.05) is 31.1 Å². The molecule has 132 valence electrons. The van der Waals surface area contributed by atoms with Gasteiger partial charge in [0.15, 0.2) is 5.69 Å². The monoisotopic (exact) mass is 341 g/mol. The summed E-state index contributed by atoms with van der Waals surface area (Å²) in [6.45, 7) is 8.59. The lowest BCUT2D eigenvalue weighted by Gasteiger charge is -2.34. The minimum atomic E-state index is -0.245. The van der Waals surface area contributed by atoms with E-state index in [1.165, 1.54) is 12.3 Å². The highest BCUT2D eigenvalue weighted by Crippen LogP contribution is 2.20. The predicted octanol–water partition coefficient (Wildman–Crippen LogP) is 1.97. The Morgan fingerprint density at radius 2 is 1.92 bits per heavy atom. The summed E-state index contributed by atoms with van der Waals surface area (Å²) in [5.74, 6) is 0.733. The molecule has 2 aromatic rings. The molecular formula is C18H23N5O2. The number of aromatic hydroxyl groups is 1. The lowest BCUT2D eigenvalue weighted by atomic mass is 10.1. The van der Waals surface area contributed by atoms with E-state index in [0.29, 0.717) is 32.1 Å². The zero-order chi connectivity index (χ0) is 18.0. The zero-order valence-electron chi connectivity index (χ0n) is 14.8. The van der Waals surface area contributed by atoms with Crippen molar-refractivity contribution in [1.29, 1.82) is 0 Å². The highest BCUT2D eigenvalue weighted by atomic mass is 16.3. The number of nitrogens with zero attached hydrogens (tertiary/aromatic N) is 5. The number of rotatable bonds is 3. The Balaban J connectivity index is 1.70. The van der Waals surface area contributed by atoms with Crippen LogP contribution in [0.25, 0.3) is 0 Å². The summed E-state index contributed by atoms with van der Waals surface area (Å²) in [6.07, 6.45) is 1.51. The van der Waals surface area contributed by atoms with E-state index in [-0.39, 0.29) is 17.4 Å². The molecule has 0 bridgehead atoms. The highest BCUT2D eigenvalue weighted by molar-refractivity contribution is 5.94. The van der Waals surface area contributed by atoms with E-state index in [2.05, 4.69) is 33.7 Å². The van der Waals surface area contributed by atoms with Crippen molar-refractivity contribution in [3.63, 3.8) is 0 Å². The van der Waals surface area contributed by atoms with Gasteiger partial charge in [0, 0.05) is 43.8 Å². The van der Waals surface area contributed by atoms with E-state index in [0.717, 1.165) is 17.3 Å². The molecule has 0 aliphatic carbocycles. The van der Waals surface area contributed by atoms with Crippen molar-refractivity contribution in [2.45, 2.75) is 26.7 Å². The van der Waals surface area contributed by atoms with Crippen molar-refractivity contribution >= 4 is 11.9 Å². The molecule has 0 atom stereocenters. The second-order valence-electron chi connectivity index (χ2n) is 6.54. The van der Waals surface area contributed by atoms with Crippen LogP contribution in [-0.4, -0.2) is 57.0 Å². The maximum absolute atomic E-state index is 12.5. The van der Waals surface area contributed by atoms with Crippen LogP contribution in [0.5, 0.6) is 5.75 Å². The summed E-state index contributed by atoms with van der Waals surface area (Å²) < 4.78 is 0. The fourth-order valence-electron chi connectivity index (χ4n) is 2.83. The number of aryl methyl sites for hydroxylation is 1. The van der Waals surface area contributed by atoms with Gasteiger partial charge in [0.05, 0.1) is 0 Å². The van der Waals surface area contributed by atoms with E-state index in [9.17, 15) is 9.90 Å². The van der Waals surface area contributed by atoms with Crippen LogP contribution in [0.2, 0.25) is 0 Å². The summed E-state index contributed by atoms with van der Waals surface area (Å²) in [5.41, 5.74) is 2.08. The van der Waals surface area contributed by atoms with Gasteiger partial charge in [0.2, 0.25) is 5.95 Å². The first-order valence-electron chi connectivity index (χ1n) is 8.49. The third kappa shape index (κ3) is 3.70. The van der Waals surface area contributed by atoms with Crippen molar-refractivity contribution in [3.8, 4) is 5.75 Å². The zero-order valence-corrected chi connectivity index (χ0v) is 14.8. The molecule has 1 fully saturated rings. The Kier molecular flexibility index (Phi) is 4.83. The summed E-state index contributed by atoms with van der Waals surface area (Å²) in [5, 5.41) is 9.81. The quantitative estimate of drug-likeness (QED) is 0.919. The van der Waals surface area contributed by atoms with E-state index >= 15 is 0 Å². The van der Waals surface area contributed by atoms with Crippen LogP contribution < -0.4 is 4.90 Å². The molecule has 0 radical (unpaired) electrons. The molecule has 1 aliphatic rings. The second kappa shape index (κ2) is 7.04. The van der Waals surface area contributed by atoms with Gasteiger partial charge < -0.3 is 14.9 Å². The molecule has 2 aromatic heterocycles. The molecule has 3 rings (SSSR count). The van der Waals surface area contributed by atoms with Crippen molar-refractivity contribution in [2.24, 2.45) is 0 Å². The topological polar surface area (TPSA) is 82.5 Å². The van der Waals surface area contributed by atoms with E-state index in [4.69, 9.17) is 0 Å². The number of anilines is 1. The van der Waals surface area contributed by atoms with Gasteiger partial charge in [-0.05, 0) is 31.0 Å². The first kappa shape index (κ1) is 17.1. The highest BCUT2D eigenvalue weighted by Gasteiger charge is 2.26. The maximum Gasteiger partial charge on any atom is 0.276 e. The average molecular weight is 341 g/mol. The molecule has 7 heteroatoms. The number of carbonyl (C=O) groups excluding carboxylic acids is 1. The third-order valence-electron chi connectivity index (χ3n) is 4.29. The van der Waals surface area contributed by atoms with Crippen LogP contribution >= 0.6 is 0 Å². The molecule has 0 aromatic carbocycles. The molecular weight excluding hydrogens is 318 g/mol. The smallest absolute Gasteiger partial charge is 0.276 e. The number of pyridine rings is 1. The Hall–Kier alpha value is -2.70. The first-order chi connectivity index (χ1) is 12.0. The molecule has 0 unspecified atom stereocenters. The van der Waals surface area contributed by atoms with Gasteiger partial charge in [0.25, 0.3) is 5.91 Å². The van der Waals surface area contributed by atoms with Crippen LogP contribution in [0.15, 0.2) is 24.4 Å². The van der Waals surface area contributed by atoms with Gasteiger partial charge >= 0.3 is 0 Å². The fraction of sp³-hybridized carbons (Fsp3) is 0.444. The Morgan fingerprint density at radius 3 is 2.56 bits per heavy atom. The lowest BCUT2D eigenvalue weighted by molar-refractivity contribution is 0.0737. The van der Waals surface area contributed by atoms with Crippen molar-refractivity contribution < 1.29 is 9.90 Å². The normalized spacial score (nSPS) is 14.9. The Labute approximate surface area is 147 Å². The van der Waals surface area contributed by atoms with E-state index in [1.807, 2.05) is 13.0 Å². The standard InChI is InChI=1S/C18H23N5O2/c1-12(2)14-11-13(3)20-18(21-14)23-9-7-22(8-10-23)17(25)16-15(24)5-4-6-19-16/h4-6,11-12,24H,7-10H2,1-3H3. The minimum Gasteiger partial charge on any atom is -0.505 e. The number of piperazine rings is 1. The summed E-state index contributed by atoms with van der Waals surface area (Å²) in [6, 6.07) is 5.09. The molecule has 1 N–H and O–H groups in total. The second-order valence-corrected chi connectivity index (χ2v) is 6.54. The van der Waals surface area contributed by atoms with Crippen LogP contribution in [0.3, 0.4) is 0 Å². The van der Waals surface area contributed by atoms with E-state index < -0.39 is 0 Å². The van der Waals surface area contributed by atoms with Gasteiger partial charge in [-0.15, -0.1) is 0 Å². The average Bonchev–Trinajstić information content (AvgIpc) is 2.61. The third-order valence-corrected chi connectivity index (χ3v) is 4.29. The summed E-state index contributed by atoms with van der Waals surface area (Å²) in [4.78, 5) is 29.5. The van der Waals surface area contributed by atoms with Gasteiger partial charge in [-0.25, -0.2) is 15.0 Å². The molecule has 0 saturated carbocycles. The van der Waals surface area contributed by atoms with Crippen LogP contribution in [0, 0.1) is 6.92 Å². The van der Waals surface area contributed by atoms with Crippen molar-refractivity contribution in [1.82, 2.24) is 19.9 Å². The van der Waals surface area contributed by atoms with Gasteiger partial charge in [-0.1, -0.05) is 13.8 Å². The molecule has 3 heterocycles. The van der Waals surface area contributed by atoms with E-state index in [1.54, 1.807) is 11.0 Å².